The monoisotopic (exact) mass is 333 g/mol. The Morgan fingerprint density at radius 2 is 1.70 bits per heavy atom. The number of aryl methyl sites for hydroxylation is 1. The molecular formula is C17H19NO4S. The average molecular weight is 333 g/mol. The van der Waals surface area contributed by atoms with Crippen LogP contribution in [0.2, 0.25) is 0 Å². The van der Waals surface area contributed by atoms with E-state index in [2.05, 4.69) is 4.72 Å². The Morgan fingerprint density at radius 3 is 2.22 bits per heavy atom. The van der Waals surface area contributed by atoms with Crippen molar-refractivity contribution in [2.24, 2.45) is 0 Å². The van der Waals surface area contributed by atoms with E-state index in [4.69, 9.17) is 5.11 Å². The Balaban J connectivity index is 2.28. The number of aliphatic carboxylic acids is 1. The van der Waals surface area contributed by atoms with Gasteiger partial charge in [-0.05, 0) is 29.7 Å². The van der Waals surface area contributed by atoms with Gasteiger partial charge in [0.2, 0.25) is 10.0 Å². The zero-order chi connectivity index (χ0) is 16.9. The molecular weight excluding hydrogens is 314 g/mol. The fourth-order valence-corrected chi connectivity index (χ4v) is 3.47. The summed E-state index contributed by atoms with van der Waals surface area (Å²) in [6.07, 6.45) is 0.496. The normalized spacial score (nSPS) is 12.7. The van der Waals surface area contributed by atoms with Gasteiger partial charge in [0.15, 0.2) is 0 Å². The summed E-state index contributed by atoms with van der Waals surface area (Å²) in [5.41, 5.74) is 1.65. The highest BCUT2D eigenvalue weighted by Gasteiger charge is 2.23. The van der Waals surface area contributed by atoms with Crippen LogP contribution in [-0.4, -0.2) is 19.5 Å². The van der Waals surface area contributed by atoms with Gasteiger partial charge in [-0.25, -0.2) is 13.1 Å². The van der Waals surface area contributed by atoms with Crippen molar-refractivity contribution in [1.29, 1.82) is 0 Å². The summed E-state index contributed by atoms with van der Waals surface area (Å²) >= 11 is 0. The molecule has 0 saturated heterocycles. The molecule has 2 aromatic rings. The first-order valence-electron chi connectivity index (χ1n) is 7.30. The molecule has 2 aromatic carbocycles. The molecule has 2 rings (SSSR count). The first-order valence-corrected chi connectivity index (χ1v) is 8.78. The van der Waals surface area contributed by atoms with Crippen LogP contribution < -0.4 is 4.72 Å². The van der Waals surface area contributed by atoms with E-state index < -0.39 is 22.0 Å². The van der Waals surface area contributed by atoms with Crippen LogP contribution >= 0.6 is 0 Å². The highest BCUT2D eigenvalue weighted by atomic mass is 32.2. The second kappa shape index (κ2) is 7.39. The molecule has 0 spiro atoms. The summed E-state index contributed by atoms with van der Waals surface area (Å²) in [4.78, 5) is 11.2. The van der Waals surface area contributed by atoms with E-state index in [0.717, 1.165) is 12.0 Å². The molecule has 0 saturated carbocycles. The number of rotatable bonds is 7. The molecule has 0 aromatic heterocycles. The predicted molar refractivity (Wildman–Crippen MR) is 87.6 cm³/mol. The van der Waals surface area contributed by atoms with E-state index in [-0.39, 0.29) is 11.3 Å². The molecule has 0 amide bonds. The third-order valence-corrected chi connectivity index (χ3v) is 5.01. The molecule has 122 valence electrons. The van der Waals surface area contributed by atoms with Crippen molar-refractivity contribution < 1.29 is 18.3 Å². The van der Waals surface area contributed by atoms with E-state index in [9.17, 15) is 13.2 Å². The van der Waals surface area contributed by atoms with Gasteiger partial charge in [0.05, 0.1) is 17.4 Å². The van der Waals surface area contributed by atoms with Crippen molar-refractivity contribution in [3.8, 4) is 0 Å². The van der Waals surface area contributed by atoms with E-state index in [0.29, 0.717) is 5.56 Å². The van der Waals surface area contributed by atoms with Gasteiger partial charge < -0.3 is 5.11 Å². The second-order valence-electron chi connectivity index (χ2n) is 5.18. The van der Waals surface area contributed by atoms with Crippen LogP contribution in [0, 0.1) is 0 Å². The maximum atomic E-state index is 12.5. The third kappa shape index (κ3) is 4.64. The first-order chi connectivity index (χ1) is 10.9. The molecule has 23 heavy (non-hydrogen) atoms. The van der Waals surface area contributed by atoms with Gasteiger partial charge in [-0.3, -0.25) is 4.79 Å². The average Bonchev–Trinajstić information content (AvgIpc) is 2.54. The smallest absolute Gasteiger partial charge is 0.305 e. The van der Waals surface area contributed by atoms with E-state index in [1.54, 1.807) is 42.5 Å². The van der Waals surface area contributed by atoms with Gasteiger partial charge in [-0.1, -0.05) is 49.4 Å². The summed E-state index contributed by atoms with van der Waals surface area (Å²) in [7, 11) is -3.79. The first kappa shape index (κ1) is 17.2. The van der Waals surface area contributed by atoms with Gasteiger partial charge >= 0.3 is 5.97 Å². The second-order valence-corrected chi connectivity index (χ2v) is 6.89. The highest BCUT2D eigenvalue weighted by molar-refractivity contribution is 7.89. The van der Waals surface area contributed by atoms with Crippen molar-refractivity contribution in [1.82, 2.24) is 4.72 Å². The van der Waals surface area contributed by atoms with Crippen LogP contribution in [0.4, 0.5) is 0 Å². The maximum Gasteiger partial charge on any atom is 0.305 e. The zero-order valence-electron chi connectivity index (χ0n) is 12.8. The van der Waals surface area contributed by atoms with Crippen molar-refractivity contribution in [3.05, 3.63) is 65.7 Å². The Hall–Kier alpha value is -2.18. The molecule has 6 heteroatoms. The van der Waals surface area contributed by atoms with Crippen molar-refractivity contribution in [2.45, 2.75) is 30.7 Å². The van der Waals surface area contributed by atoms with E-state index >= 15 is 0 Å². The Kier molecular flexibility index (Phi) is 5.52. The van der Waals surface area contributed by atoms with Gasteiger partial charge in [-0.2, -0.15) is 0 Å². The van der Waals surface area contributed by atoms with Crippen molar-refractivity contribution in [3.63, 3.8) is 0 Å². The van der Waals surface area contributed by atoms with Crippen LogP contribution in [0.5, 0.6) is 0 Å². The lowest BCUT2D eigenvalue weighted by Crippen LogP contribution is -2.30. The minimum absolute atomic E-state index is 0.126. The highest BCUT2D eigenvalue weighted by Crippen LogP contribution is 2.20. The van der Waals surface area contributed by atoms with Gasteiger partial charge in [0.25, 0.3) is 0 Å². The Labute approximate surface area is 136 Å². The van der Waals surface area contributed by atoms with Gasteiger partial charge in [0, 0.05) is 0 Å². The minimum Gasteiger partial charge on any atom is -0.481 e. The number of hydrogen-bond donors (Lipinski definition) is 2. The molecule has 2 N–H and O–H groups in total. The summed E-state index contributed by atoms with van der Waals surface area (Å²) in [6.45, 7) is 1.99. The fraction of sp³-hybridized carbons (Fsp3) is 0.235. The summed E-state index contributed by atoms with van der Waals surface area (Å²) in [5.74, 6) is -1.07. The lowest BCUT2D eigenvalue weighted by Gasteiger charge is -2.17. The SMILES string of the molecule is CCc1ccc(S(=O)(=O)N[C@@H](CC(=O)O)c2ccccc2)cc1. The zero-order valence-corrected chi connectivity index (χ0v) is 13.6. The lowest BCUT2D eigenvalue weighted by atomic mass is 10.1. The van der Waals surface area contributed by atoms with Crippen molar-refractivity contribution in [2.75, 3.05) is 0 Å². The van der Waals surface area contributed by atoms with Gasteiger partial charge in [-0.15, -0.1) is 0 Å². The summed E-state index contributed by atoms with van der Waals surface area (Å²) in [6, 6.07) is 14.4. The van der Waals surface area contributed by atoms with Gasteiger partial charge in [0.1, 0.15) is 0 Å². The van der Waals surface area contributed by atoms with Crippen LogP contribution in [0.25, 0.3) is 0 Å². The molecule has 0 bridgehead atoms. The number of carboxylic acids is 1. The van der Waals surface area contributed by atoms with E-state index in [1.165, 1.54) is 12.1 Å². The Bertz CT molecular complexity index is 755. The van der Waals surface area contributed by atoms with Crippen LogP contribution in [0.1, 0.15) is 30.5 Å². The summed E-state index contributed by atoms with van der Waals surface area (Å²) < 4.78 is 27.5. The standard InChI is InChI=1S/C17H19NO4S/c1-2-13-8-10-15(11-9-13)23(21,22)18-16(12-17(19)20)14-6-4-3-5-7-14/h3-11,16,18H,2,12H2,1H3,(H,19,20)/t16-/m0/s1. The molecule has 1 atom stereocenters. The number of nitrogens with one attached hydrogen (secondary N) is 1. The number of carbonyl (C=O) groups is 1. The Morgan fingerprint density at radius 1 is 1.09 bits per heavy atom. The molecule has 0 fully saturated rings. The lowest BCUT2D eigenvalue weighted by molar-refractivity contribution is -0.137. The number of carboxylic acid groups (broad SMARTS) is 1. The van der Waals surface area contributed by atoms with Crippen molar-refractivity contribution >= 4 is 16.0 Å². The molecule has 0 unspecified atom stereocenters. The molecule has 0 aliphatic rings. The molecule has 0 aliphatic carbocycles. The third-order valence-electron chi connectivity index (χ3n) is 3.52. The largest absolute Gasteiger partial charge is 0.481 e. The maximum absolute atomic E-state index is 12.5. The van der Waals surface area contributed by atoms with Crippen LogP contribution in [0.3, 0.4) is 0 Å². The number of sulfonamides is 1. The molecule has 0 aliphatic heterocycles. The van der Waals surface area contributed by atoms with Crippen LogP contribution in [-0.2, 0) is 21.2 Å². The molecule has 5 nitrogen and oxygen atoms in total. The van der Waals surface area contributed by atoms with E-state index in [1.807, 2.05) is 6.92 Å². The molecule has 0 radical (unpaired) electrons. The fourth-order valence-electron chi connectivity index (χ4n) is 2.25. The quantitative estimate of drug-likeness (QED) is 0.816. The number of benzene rings is 2. The van der Waals surface area contributed by atoms with Crippen LogP contribution in [0.15, 0.2) is 59.5 Å². The molecule has 0 heterocycles. The minimum atomic E-state index is -3.79. The topological polar surface area (TPSA) is 83.5 Å². The number of hydrogen-bond acceptors (Lipinski definition) is 3. The predicted octanol–water partition coefficient (Wildman–Crippen LogP) is 2.74. The summed E-state index contributed by atoms with van der Waals surface area (Å²) in [5, 5.41) is 9.05.